The number of carbonyl (C=O) groups excluding carboxylic acids is 3. The van der Waals surface area contributed by atoms with Crippen LogP contribution in [0.3, 0.4) is 0 Å². The van der Waals surface area contributed by atoms with E-state index < -0.39 is 12.6 Å². The van der Waals surface area contributed by atoms with E-state index >= 15 is 0 Å². The number of ether oxygens (including phenoxy) is 2. The Bertz CT molecular complexity index is 1550. The summed E-state index contributed by atoms with van der Waals surface area (Å²) in [6.45, 7) is 1.45. The number of benzene rings is 3. The number of methoxy groups -OCH3 is 1. The molecule has 38 heavy (non-hydrogen) atoms. The Morgan fingerprint density at radius 2 is 1.76 bits per heavy atom. The van der Waals surface area contributed by atoms with Crippen LogP contribution in [-0.4, -0.2) is 47.3 Å². The van der Waals surface area contributed by atoms with Crippen LogP contribution in [0.15, 0.2) is 65.0 Å². The van der Waals surface area contributed by atoms with Crippen LogP contribution in [0.5, 0.6) is 5.75 Å². The van der Waals surface area contributed by atoms with Gasteiger partial charge in [-0.3, -0.25) is 9.59 Å². The van der Waals surface area contributed by atoms with E-state index in [9.17, 15) is 14.4 Å². The third-order valence-electron chi connectivity index (χ3n) is 5.99. The van der Waals surface area contributed by atoms with Crippen LogP contribution in [-0.2, 0) is 16.0 Å². The van der Waals surface area contributed by atoms with Crippen LogP contribution >= 0.6 is 23.1 Å². The number of aromatic nitrogens is 2. The molecule has 8 nitrogen and oxygen atoms in total. The van der Waals surface area contributed by atoms with Crippen molar-refractivity contribution in [3.05, 3.63) is 87.9 Å². The number of hydrogen-bond acceptors (Lipinski definition) is 9. The summed E-state index contributed by atoms with van der Waals surface area (Å²) in [5.41, 5.74) is 5.63. The van der Waals surface area contributed by atoms with Gasteiger partial charge in [-0.25, -0.2) is 4.79 Å². The van der Waals surface area contributed by atoms with Crippen LogP contribution in [0.1, 0.15) is 36.9 Å². The van der Waals surface area contributed by atoms with Crippen molar-refractivity contribution in [3.63, 3.8) is 0 Å². The van der Waals surface area contributed by atoms with E-state index in [1.807, 2.05) is 31.2 Å². The predicted octanol–water partition coefficient (Wildman–Crippen LogP) is 5.20. The highest BCUT2D eigenvalue weighted by Crippen LogP contribution is 2.36. The summed E-state index contributed by atoms with van der Waals surface area (Å²) >= 11 is 2.67. The highest BCUT2D eigenvalue weighted by molar-refractivity contribution is 8.01. The summed E-state index contributed by atoms with van der Waals surface area (Å²) in [6, 6.07) is 18.3. The fourth-order valence-corrected chi connectivity index (χ4v) is 5.81. The maximum absolute atomic E-state index is 12.8. The fraction of sp³-hybridized carbons (Fsp3) is 0.179. The number of amides is 1. The van der Waals surface area contributed by atoms with Gasteiger partial charge < -0.3 is 14.8 Å². The van der Waals surface area contributed by atoms with Crippen molar-refractivity contribution in [1.29, 1.82) is 0 Å². The summed E-state index contributed by atoms with van der Waals surface area (Å²) in [5, 5.41) is 11.5. The van der Waals surface area contributed by atoms with Gasteiger partial charge in [0.2, 0.25) is 5.91 Å². The predicted molar refractivity (Wildman–Crippen MR) is 146 cm³/mol. The number of rotatable bonds is 9. The molecular formula is C28H23N3O5S2. The standard InChI is InChI=1S/C28H23N3O5S2/c1-16-30-31-28(38-16)37-15-26(33)29-23-13-19(8-10-25(23)35-2)27(34)36-14-24(32)18-7-9-22-20(12-18)11-17-5-3-4-6-21(17)22/h3-10,12-13H,11,14-15H2,1-2H3,(H,29,33). The smallest absolute Gasteiger partial charge is 0.338 e. The average molecular weight is 546 g/mol. The minimum Gasteiger partial charge on any atom is -0.495 e. The number of carbonyl (C=O) groups is 3. The van der Waals surface area contributed by atoms with Crippen molar-refractivity contribution >= 4 is 46.4 Å². The second-order valence-corrected chi connectivity index (χ2v) is 10.9. The highest BCUT2D eigenvalue weighted by atomic mass is 32.2. The lowest BCUT2D eigenvalue weighted by Crippen LogP contribution is -2.17. The highest BCUT2D eigenvalue weighted by Gasteiger charge is 2.20. The molecular weight excluding hydrogens is 522 g/mol. The number of ketones is 1. The summed E-state index contributed by atoms with van der Waals surface area (Å²) in [6.07, 6.45) is 0.769. The minimum atomic E-state index is -0.677. The van der Waals surface area contributed by atoms with E-state index in [0.717, 1.165) is 22.6 Å². The third kappa shape index (κ3) is 5.61. The normalized spacial score (nSPS) is 11.4. The van der Waals surface area contributed by atoms with Gasteiger partial charge in [0.1, 0.15) is 10.8 Å². The van der Waals surface area contributed by atoms with Crippen molar-refractivity contribution in [3.8, 4) is 16.9 Å². The Labute approximate surface area is 227 Å². The van der Waals surface area contributed by atoms with Crippen LogP contribution in [0.4, 0.5) is 5.69 Å². The molecule has 0 spiro atoms. The Kier molecular flexibility index (Phi) is 7.52. The topological polar surface area (TPSA) is 107 Å². The Morgan fingerprint density at radius 3 is 2.55 bits per heavy atom. The lowest BCUT2D eigenvalue weighted by molar-refractivity contribution is -0.113. The lowest BCUT2D eigenvalue weighted by atomic mass is 10.0. The molecule has 0 fully saturated rings. The number of nitrogens with one attached hydrogen (secondary N) is 1. The minimum absolute atomic E-state index is 0.118. The molecule has 0 saturated heterocycles. The van der Waals surface area contributed by atoms with Gasteiger partial charge in [0.05, 0.1) is 24.1 Å². The molecule has 0 atom stereocenters. The monoisotopic (exact) mass is 545 g/mol. The lowest BCUT2D eigenvalue weighted by Gasteiger charge is -2.12. The van der Waals surface area contributed by atoms with E-state index in [4.69, 9.17) is 9.47 Å². The molecule has 0 unspecified atom stereocenters. The zero-order chi connectivity index (χ0) is 26.6. The molecule has 4 aromatic rings. The molecule has 0 saturated carbocycles. The van der Waals surface area contributed by atoms with Crippen molar-refractivity contribution in [2.24, 2.45) is 0 Å². The summed E-state index contributed by atoms with van der Waals surface area (Å²) in [5.74, 6) is -0.748. The first-order chi connectivity index (χ1) is 18.4. The molecule has 0 radical (unpaired) electrons. The molecule has 0 aliphatic heterocycles. The molecule has 1 N–H and O–H groups in total. The van der Waals surface area contributed by atoms with Gasteiger partial charge >= 0.3 is 5.97 Å². The SMILES string of the molecule is COc1ccc(C(=O)OCC(=O)c2ccc3c(c2)Cc2ccccc2-3)cc1NC(=O)CSc1nnc(C)s1. The van der Waals surface area contributed by atoms with E-state index in [1.165, 1.54) is 53.5 Å². The number of aryl methyl sites for hydroxylation is 1. The molecule has 1 amide bonds. The molecule has 1 aromatic heterocycles. The number of esters is 1. The van der Waals surface area contributed by atoms with Gasteiger partial charge in [-0.15, -0.1) is 10.2 Å². The third-order valence-corrected chi connectivity index (χ3v) is 7.97. The Morgan fingerprint density at radius 1 is 0.974 bits per heavy atom. The first-order valence-corrected chi connectivity index (χ1v) is 13.5. The average Bonchev–Trinajstić information content (AvgIpc) is 3.52. The summed E-state index contributed by atoms with van der Waals surface area (Å²) in [4.78, 5) is 38.0. The van der Waals surface area contributed by atoms with Gasteiger partial charge in [0.25, 0.3) is 0 Å². The number of Topliss-reactive ketones (excluding diaryl/α,β-unsaturated/α-hetero) is 1. The van der Waals surface area contributed by atoms with Crippen molar-refractivity contribution < 1.29 is 23.9 Å². The first-order valence-electron chi connectivity index (χ1n) is 11.7. The largest absolute Gasteiger partial charge is 0.495 e. The number of hydrogen-bond donors (Lipinski definition) is 1. The van der Waals surface area contributed by atoms with E-state index in [0.29, 0.717) is 21.3 Å². The van der Waals surface area contributed by atoms with Crippen LogP contribution in [0, 0.1) is 6.92 Å². The second-order valence-electron chi connectivity index (χ2n) is 8.54. The van der Waals surface area contributed by atoms with Gasteiger partial charge in [0, 0.05) is 5.56 Å². The number of anilines is 1. The van der Waals surface area contributed by atoms with Gasteiger partial charge in [-0.05, 0) is 59.9 Å². The maximum Gasteiger partial charge on any atom is 0.338 e. The Hall–Kier alpha value is -4.02. The molecule has 1 aliphatic rings. The second kappa shape index (κ2) is 11.2. The molecule has 5 rings (SSSR count). The van der Waals surface area contributed by atoms with Crippen LogP contribution in [0.2, 0.25) is 0 Å². The van der Waals surface area contributed by atoms with Crippen molar-refractivity contribution in [1.82, 2.24) is 10.2 Å². The summed E-state index contributed by atoms with van der Waals surface area (Å²) < 4.78 is 11.3. The molecule has 1 aliphatic carbocycles. The molecule has 3 aromatic carbocycles. The van der Waals surface area contributed by atoms with Crippen LogP contribution in [0.25, 0.3) is 11.1 Å². The van der Waals surface area contributed by atoms with Gasteiger partial charge in [-0.1, -0.05) is 59.5 Å². The first kappa shape index (κ1) is 25.6. The van der Waals surface area contributed by atoms with Crippen LogP contribution < -0.4 is 10.1 Å². The van der Waals surface area contributed by atoms with E-state index in [2.05, 4.69) is 27.6 Å². The van der Waals surface area contributed by atoms with Gasteiger partial charge in [-0.2, -0.15) is 0 Å². The number of thioether (sulfide) groups is 1. The molecule has 0 bridgehead atoms. The fourth-order valence-electron chi connectivity index (χ4n) is 4.20. The Balaban J connectivity index is 1.20. The zero-order valence-corrected chi connectivity index (χ0v) is 22.3. The quantitative estimate of drug-likeness (QED) is 0.153. The molecule has 1 heterocycles. The number of fused-ring (bicyclic) bond motifs is 3. The van der Waals surface area contributed by atoms with E-state index in [1.54, 1.807) is 12.1 Å². The maximum atomic E-state index is 12.8. The molecule has 10 heteroatoms. The van der Waals surface area contributed by atoms with Crippen molar-refractivity contribution in [2.45, 2.75) is 17.7 Å². The van der Waals surface area contributed by atoms with Crippen molar-refractivity contribution in [2.75, 3.05) is 24.8 Å². The zero-order valence-electron chi connectivity index (χ0n) is 20.6. The van der Waals surface area contributed by atoms with E-state index in [-0.39, 0.29) is 23.0 Å². The molecule has 192 valence electrons. The van der Waals surface area contributed by atoms with Gasteiger partial charge in [0.15, 0.2) is 16.7 Å². The summed E-state index contributed by atoms with van der Waals surface area (Å²) in [7, 11) is 1.47. The number of nitrogens with zero attached hydrogens (tertiary/aromatic N) is 2.